The third-order valence-electron chi connectivity index (χ3n) is 2.82. The molecule has 2 aromatic rings. The average Bonchev–Trinajstić information content (AvgIpc) is 2.46. The van der Waals surface area contributed by atoms with E-state index in [4.69, 9.17) is 9.84 Å². The van der Waals surface area contributed by atoms with Crippen LogP contribution in [0, 0.1) is 5.82 Å². The fourth-order valence-corrected chi connectivity index (χ4v) is 1.80. The molecule has 0 spiro atoms. The van der Waals surface area contributed by atoms with Crippen molar-refractivity contribution in [1.82, 2.24) is 4.98 Å². The molecule has 0 atom stereocenters. The Hall–Kier alpha value is -2.63. The number of rotatable bonds is 4. The van der Waals surface area contributed by atoms with Crippen LogP contribution in [0.2, 0.25) is 0 Å². The highest BCUT2D eigenvalue weighted by Gasteiger charge is 2.17. The molecule has 1 aromatic heterocycles. The number of hydrogen-bond donors (Lipinski definition) is 1. The van der Waals surface area contributed by atoms with Crippen molar-refractivity contribution in [2.45, 2.75) is 0 Å². The molecular weight excluding hydrogens is 263 g/mol. The van der Waals surface area contributed by atoms with Crippen molar-refractivity contribution in [1.29, 1.82) is 0 Å². The summed E-state index contributed by atoms with van der Waals surface area (Å²) in [5, 5.41) is 9.13. The van der Waals surface area contributed by atoms with Crippen LogP contribution in [-0.2, 0) is 0 Å². The number of anilines is 2. The molecule has 2 rings (SSSR count). The number of ether oxygens (including phenoxy) is 1. The maximum Gasteiger partial charge on any atom is 0.339 e. The first kappa shape index (κ1) is 13.8. The van der Waals surface area contributed by atoms with Gasteiger partial charge < -0.3 is 14.7 Å². The summed E-state index contributed by atoms with van der Waals surface area (Å²) in [5.41, 5.74) is 0.487. The quantitative estimate of drug-likeness (QED) is 0.930. The standard InChI is InChI=1S/C14H13FN2O3/c1-17(10-4-3-5-11(7-10)20-2)13-12(14(18)19)6-9(15)8-16-13/h3-8H,1-2H3,(H,18,19). The highest BCUT2D eigenvalue weighted by molar-refractivity contribution is 5.94. The van der Waals surface area contributed by atoms with Crippen LogP contribution in [0.15, 0.2) is 36.5 Å². The highest BCUT2D eigenvalue weighted by Crippen LogP contribution is 2.28. The molecule has 0 saturated heterocycles. The Morgan fingerprint density at radius 3 is 2.80 bits per heavy atom. The minimum absolute atomic E-state index is 0.159. The molecule has 0 bridgehead atoms. The molecule has 0 unspecified atom stereocenters. The maximum absolute atomic E-state index is 13.1. The molecule has 5 nitrogen and oxygen atoms in total. The van der Waals surface area contributed by atoms with Crippen LogP contribution in [0.5, 0.6) is 5.75 Å². The minimum atomic E-state index is -1.23. The van der Waals surface area contributed by atoms with E-state index in [9.17, 15) is 9.18 Å². The lowest BCUT2D eigenvalue weighted by Crippen LogP contribution is -2.16. The van der Waals surface area contributed by atoms with Gasteiger partial charge in [-0.25, -0.2) is 14.2 Å². The van der Waals surface area contributed by atoms with Crippen LogP contribution < -0.4 is 9.64 Å². The van der Waals surface area contributed by atoms with Crippen LogP contribution in [0.4, 0.5) is 15.9 Å². The lowest BCUT2D eigenvalue weighted by molar-refractivity contribution is 0.0696. The lowest BCUT2D eigenvalue weighted by atomic mass is 10.2. The Morgan fingerprint density at radius 1 is 1.40 bits per heavy atom. The van der Waals surface area contributed by atoms with Gasteiger partial charge in [-0.05, 0) is 18.2 Å². The molecule has 20 heavy (non-hydrogen) atoms. The van der Waals surface area contributed by atoms with Gasteiger partial charge in [0.25, 0.3) is 0 Å². The Labute approximate surface area is 115 Å². The first-order chi connectivity index (χ1) is 9.52. The molecule has 0 fully saturated rings. The Balaban J connectivity index is 2.47. The van der Waals surface area contributed by atoms with Crippen LogP contribution in [-0.4, -0.2) is 30.2 Å². The smallest absolute Gasteiger partial charge is 0.339 e. The van der Waals surface area contributed by atoms with E-state index in [1.165, 1.54) is 7.11 Å². The third kappa shape index (κ3) is 2.69. The second-order valence-corrected chi connectivity index (χ2v) is 4.09. The van der Waals surface area contributed by atoms with Crippen LogP contribution in [0.25, 0.3) is 0 Å². The number of carboxylic acids is 1. The number of aromatic nitrogens is 1. The molecule has 6 heteroatoms. The van der Waals surface area contributed by atoms with Gasteiger partial charge in [0.1, 0.15) is 22.9 Å². The summed E-state index contributed by atoms with van der Waals surface area (Å²) in [7, 11) is 3.19. The molecule has 0 radical (unpaired) electrons. The molecule has 0 aliphatic carbocycles. The predicted molar refractivity (Wildman–Crippen MR) is 72.2 cm³/mol. The van der Waals surface area contributed by atoms with Crippen molar-refractivity contribution in [3.8, 4) is 5.75 Å². The zero-order valence-corrected chi connectivity index (χ0v) is 11.0. The first-order valence-electron chi connectivity index (χ1n) is 5.79. The lowest BCUT2D eigenvalue weighted by Gasteiger charge is -2.20. The normalized spacial score (nSPS) is 10.2. The van der Waals surface area contributed by atoms with Gasteiger partial charge in [-0.1, -0.05) is 6.07 Å². The van der Waals surface area contributed by atoms with Crippen molar-refractivity contribution >= 4 is 17.5 Å². The molecule has 0 saturated carbocycles. The number of aromatic carboxylic acids is 1. The molecule has 104 valence electrons. The molecule has 0 aliphatic rings. The topological polar surface area (TPSA) is 62.7 Å². The summed E-state index contributed by atoms with van der Waals surface area (Å²) in [4.78, 5) is 16.6. The average molecular weight is 276 g/mol. The summed E-state index contributed by atoms with van der Waals surface area (Å²) in [6.07, 6.45) is 0.985. The van der Waals surface area contributed by atoms with Crippen LogP contribution in [0.1, 0.15) is 10.4 Å². The van der Waals surface area contributed by atoms with Crippen molar-refractivity contribution in [2.24, 2.45) is 0 Å². The second kappa shape index (κ2) is 5.56. The van der Waals surface area contributed by atoms with E-state index in [0.29, 0.717) is 11.4 Å². The van der Waals surface area contributed by atoms with E-state index in [-0.39, 0.29) is 11.4 Å². The van der Waals surface area contributed by atoms with E-state index in [1.54, 1.807) is 36.2 Å². The number of nitrogens with zero attached hydrogens (tertiary/aromatic N) is 2. The molecular formula is C14H13FN2O3. The molecule has 1 aromatic carbocycles. The maximum atomic E-state index is 13.1. The van der Waals surface area contributed by atoms with Gasteiger partial charge in [-0.3, -0.25) is 0 Å². The predicted octanol–water partition coefficient (Wildman–Crippen LogP) is 2.70. The van der Waals surface area contributed by atoms with E-state index in [1.807, 2.05) is 0 Å². The van der Waals surface area contributed by atoms with Crippen LogP contribution >= 0.6 is 0 Å². The van der Waals surface area contributed by atoms with Gasteiger partial charge in [0.05, 0.1) is 13.3 Å². The van der Waals surface area contributed by atoms with Gasteiger partial charge in [0, 0.05) is 18.8 Å². The monoisotopic (exact) mass is 276 g/mol. The van der Waals surface area contributed by atoms with Gasteiger partial charge in [0.2, 0.25) is 0 Å². The summed E-state index contributed by atoms with van der Waals surface area (Å²) >= 11 is 0. The number of methoxy groups -OCH3 is 1. The van der Waals surface area contributed by atoms with E-state index in [0.717, 1.165) is 12.3 Å². The van der Waals surface area contributed by atoms with Gasteiger partial charge >= 0.3 is 5.97 Å². The fraction of sp³-hybridized carbons (Fsp3) is 0.143. The zero-order valence-electron chi connectivity index (χ0n) is 11.0. The van der Waals surface area contributed by atoms with Crippen molar-refractivity contribution in [3.05, 3.63) is 47.9 Å². The SMILES string of the molecule is COc1cccc(N(C)c2ncc(F)cc2C(=O)O)c1. The fourth-order valence-electron chi connectivity index (χ4n) is 1.80. The Morgan fingerprint density at radius 2 is 2.15 bits per heavy atom. The zero-order chi connectivity index (χ0) is 14.7. The Bertz CT molecular complexity index is 646. The summed E-state index contributed by atoms with van der Waals surface area (Å²) in [6, 6.07) is 8.00. The number of hydrogen-bond acceptors (Lipinski definition) is 4. The van der Waals surface area contributed by atoms with Gasteiger partial charge in [-0.2, -0.15) is 0 Å². The van der Waals surface area contributed by atoms with Crippen LogP contribution in [0.3, 0.4) is 0 Å². The first-order valence-corrected chi connectivity index (χ1v) is 5.79. The van der Waals surface area contributed by atoms with E-state index >= 15 is 0 Å². The molecule has 1 heterocycles. The van der Waals surface area contributed by atoms with E-state index < -0.39 is 11.8 Å². The number of carbonyl (C=O) groups is 1. The number of halogens is 1. The van der Waals surface area contributed by atoms with Crippen molar-refractivity contribution in [3.63, 3.8) is 0 Å². The molecule has 0 amide bonds. The summed E-state index contributed by atoms with van der Waals surface area (Å²) in [6.45, 7) is 0. The summed E-state index contributed by atoms with van der Waals surface area (Å²) < 4.78 is 18.2. The van der Waals surface area contributed by atoms with Gasteiger partial charge in [-0.15, -0.1) is 0 Å². The van der Waals surface area contributed by atoms with E-state index in [2.05, 4.69) is 4.98 Å². The van der Waals surface area contributed by atoms with Crippen molar-refractivity contribution < 1.29 is 19.0 Å². The number of benzene rings is 1. The Kier molecular flexibility index (Phi) is 3.84. The highest BCUT2D eigenvalue weighted by atomic mass is 19.1. The second-order valence-electron chi connectivity index (χ2n) is 4.09. The number of pyridine rings is 1. The van der Waals surface area contributed by atoms with Gasteiger partial charge in [0.15, 0.2) is 0 Å². The number of carboxylic acid groups (broad SMARTS) is 1. The minimum Gasteiger partial charge on any atom is -0.497 e. The summed E-state index contributed by atoms with van der Waals surface area (Å²) in [5.74, 6) is -1.13. The molecule has 0 aliphatic heterocycles. The van der Waals surface area contributed by atoms with Crippen molar-refractivity contribution in [2.75, 3.05) is 19.1 Å². The third-order valence-corrected chi connectivity index (χ3v) is 2.82. The molecule has 1 N–H and O–H groups in total. The largest absolute Gasteiger partial charge is 0.497 e.